The molecule has 2 aliphatic heterocycles. The highest BCUT2D eigenvalue weighted by Gasteiger charge is 2.30. The summed E-state index contributed by atoms with van der Waals surface area (Å²) >= 11 is 0. The van der Waals surface area contributed by atoms with E-state index in [1.165, 1.54) is 12.8 Å². The molecule has 2 fully saturated rings. The lowest BCUT2D eigenvalue weighted by molar-refractivity contribution is -0.136. The molecule has 2 aromatic rings. The van der Waals surface area contributed by atoms with Crippen molar-refractivity contribution in [3.63, 3.8) is 0 Å². The molecule has 4 rings (SSSR count). The molecule has 0 unspecified atom stereocenters. The van der Waals surface area contributed by atoms with Crippen LogP contribution in [0.4, 0.5) is 0 Å². The van der Waals surface area contributed by atoms with Crippen molar-refractivity contribution in [2.45, 2.75) is 59.0 Å². The van der Waals surface area contributed by atoms with E-state index in [1.54, 1.807) is 12.1 Å². The highest BCUT2D eigenvalue weighted by Crippen LogP contribution is 2.24. The number of hydrogen-bond acceptors (Lipinski definition) is 5. The summed E-state index contributed by atoms with van der Waals surface area (Å²) in [5, 5.41) is 3.94. The van der Waals surface area contributed by atoms with Gasteiger partial charge in [0.15, 0.2) is 0 Å². The highest BCUT2D eigenvalue weighted by molar-refractivity contribution is 5.94. The van der Waals surface area contributed by atoms with Crippen molar-refractivity contribution in [2.24, 2.45) is 5.92 Å². The first-order chi connectivity index (χ1) is 15.5. The van der Waals surface area contributed by atoms with Gasteiger partial charge in [0.25, 0.3) is 5.91 Å². The normalized spacial score (nSPS) is 17.8. The number of carbonyl (C=O) groups is 2. The molecule has 1 aromatic heterocycles. The number of piperidine rings is 1. The summed E-state index contributed by atoms with van der Waals surface area (Å²) in [6.07, 6.45) is 6.17. The molecule has 0 radical (unpaired) electrons. The Morgan fingerprint density at radius 2 is 1.62 bits per heavy atom. The Kier molecular flexibility index (Phi) is 7.12. The quantitative estimate of drug-likeness (QED) is 0.700. The van der Waals surface area contributed by atoms with Crippen molar-refractivity contribution in [1.29, 1.82) is 0 Å². The van der Waals surface area contributed by atoms with Crippen LogP contribution in [0.15, 0.2) is 28.8 Å². The lowest BCUT2D eigenvalue weighted by atomic mass is 9.94. The van der Waals surface area contributed by atoms with E-state index in [-0.39, 0.29) is 11.8 Å². The van der Waals surface area contributed by atoms with E-state index >= 15 is 0 Å². The maximum atomic E-state index is 12.9. The zero-order valence-electron chi connectivity index (χ0n) is 19.1. The van der Waals surface area contributed by atoms with Gasteiger partial charge in [-0.2, -0.15) is 0 Å². The van der Waals surface area contributed by atoms with Crippen LogP contribution in [0.5, 0.6) is 5.75 Å². The average Bonchev–Trinajstić information content (AvgIpc) is 3.01. The lowest BCUT2D eigenvalue weighted by Gasteiger charge is -2.34. The van der Waals surface area contributed by atoms with Crippen LogP contribution in [0.3, 0.4) is 0 Å². The molecule has 32 heavy (non-hydrogen) atoms. The van der Waals surface area contributed by atoms with Gasteiger partial charge in [0.1, 0.15) is 18.1 Å². The predicted molar refractivity (Wildman–Crippen MR) is 120 cm³/mol. The number of likely N-dealkylation sites (tertiary alicyclic amines) is 2. The third kappa shape index (κ3) is 5.14. The summed E-state index contributed by atoms with van der Waals surface area (Å²) in [5.41, 5.74) is 2.42. The molecule has 172 valence electrons. The largest absolute Gasteiger partial charge is 0.489 e. The Morgan fingerprint density at radius 3 is 2.22 bits per heavy atom. The average molecular weight is 440 g/mol. The van der Waals surface area contributed by atoms with E-state index in [0.29, 0.717) is 36.9 Å². The molecule has 7 heteroatoms. The fraction of sp³-hybridized carbons (Fsp3) is 0.560. The fourth-order valence-corrected chi connectivity index (χ4v) is 4.62. The van der Waals surface area contributed by atoms with Crippen LogP contribution >= 0.6 is 0 Å². The molecule has 2 aliphatic rings. The van der Waals surface area contributed by atoms with Gasteiger partial charge in [-0.1, -0.05) is 18.0 Å². The molecular weight excluding hydrogens is 406 g/mol. The highest BCUT2D eigenvalue weighted by atomic mass is 16.5. The molecule has 0 saturated carbocycles. The first-order valence-corrected chi connectivity index (χ1v) is 11.8. The zero-order chi connectivity index (χ0) is 22.5. The third-order valence-corrected chi connectivity index (χ3v) is 6.71. The van der Waals surface area contributed by atoms with Crippen molar-refractivity contribution < 1.29 is 18.8 Å². The molecule has 0 aliphatic carbocycles. The summed E-state index contributed by atoms with van der Waals surface area (Å²) in [4.78, 5) is 29.7. The minimum absolute atomic E-state index is 0.0166. The Bertz CT molecular complexity index is 902. The van der Waals surface area contributed by atoms with Gasteiger partial charge in [0.05, 0.1) is 11.3 Å². The van der Waals surface area contributed by atoms with Crippen LogP contribution in [-0.2, 0) is 11.4 Å². The third-order valence-electron chi connectivity index (χ3n) is 6.71. The number of ether oxygens (including phenoxy) is 1. The predicted octanol–water partition coefficient (Wildman–Crippen LogP) is 4.13. The second kappa shape index (κ2) is 10.2. The monoisotopic (exact) mass is 439 g/mol. The maximum absolute atomic E-state index is 12.9. The van der Waals surface area contributed by atoms with E-state index < -0.39 is 0 Å². The molecule has 2 amide bonds. The van der Waals surface area contributed by atoms with Gasteiger partial charge in [-0.3, -0.25) is 9.59 Å². The van der Waals surface area contributed by atoms with Gasteiger partial charge in [-0.05, 0) is 63.8 Å². The van der Waals surface area contributed by atoms with Crippen LogP contribution in [0.1, 0.15) is 65.9 Å². The van der Waals surface area contributed by atoms with E-state index in [4.69, 9.17) is 9.26 Å². The zero-order valence-corrected chi connectivity index (χ0v) is 19.1. The van der Waals surface area contributed by atoms with Crippen LogP contribution in [0.2, 0.25) is 0 Å². The molecule has 0 spiro atoms. The van der Waals surface area contributed by atoms with Crippen molar-refractivity contribution in [2.75, 3.05) is 26.2 Å². The van der Waals surface area contributed by atoms with E-state index in [2.05, 4.69) is 10.1 Å². The first kappa shape index (κ1) is 22.4. The van der Waals surface area contributed by atoms with E-state index in [9.17, 15) is 9.59 Å². The fourth-order valence-electron chi connectivity index (χ4n) is 4.62. The summed E-state index contributed by atoms with van der Waals surface area (Å²) < 4.78 is 11.0. The summed E-state index contributed by atoms with van der Waals surface area (Å²) in [6.45, 7) is 7.19. The molecule has 2 saturated heterocycles. The van der Waals surface area contributed by atoms with Crippen LogP contribution in [0.25, 0.3) is 0 Å². The van der Waals surface area contributed by atoms with Crippen LogP contribution < -0.4 is 4.74 Å². The molecule has 7 nitrogen and oxygen atoms in total. The number of nitrogens with zero attached hydrogens (tertiary/aromatic N) is 3. The Labute approximate surface area is 189 Å². The Morgan fingerprint density at radius 1 is 0.969 bits per heavy atom. The van der Waals surface area contributed by atoms with Crippen LogP contribution in [-0.4, -0.2) is 52.9 Å². The molecule has 0 bridgehead atoms. The number of aryl methyl sites for hydroxylation is 2. The van der Waals surface area contributed by atoms with Crippen molar-refractivity contribution in [3.8, 4) is 5.75 Å². The number of benzene rings is 1. The Balaban J connectivity index is 1.28. The number of rotatable bonds is 5. The SMILES string of the molecule is Cc1noc(C)c1COc1ccc(C(=O)N2CCC(C(=O)N3CCCCCC3)CC2)cc1. The van der Waals surface area contributed by atoms with Crippen LogP contribution in [0, 0.1) is 19.8 Å². The molecular formula is C25H33N3O4. The van der Waals surface area contributed by atoms with Gasteiger partial charge in [0, 0.05) is 37.7 Å². The van der Waals surface area contributed by atoms with Gasteiger partial charge >= 0.3 is 0 Å². The smallest absolute Gasteiger partial charge is 0.253 e. The van der Waals surface area contributed by atoms with Crippen molar-refractivity contribution >= 4 is 11.8 Å². The molecule has 1 aromatic carbocycles. The van der Waals surface area contributed by atoms with Crippen molar-refractivity contribution in [3.05, 3.63) is 46.8 Å². The lowest BCUT2D eigenvalue weighted by Crippen LogP contribution is -2.44. The van der Waals surface area contributed by atoms with Gasteiger partial charge < -0.3 is 19.1 Å². The number of hydrogen-bond donors (Lipinski definition) is 0. The summed E-state index contributed by atoms with van der Waals surface area (Å²) in [6, 6.07) is 7.25. The number of aromatic nitrogens is 1. The molecule has 0 atom stereocenters. The van der Waals surface area contributed by atoms with Crippen molar-refractivity contribution in [1.82, 2.24) is 15.0 Å². The van der Waals surface area contributed by atoms with E-state index in [0.717, 1.165) is 55.8 Å². The molecule has 3 heterocycles. The number of carbonyl (C=O) groups excluding carboxylic acids is 2. The van der Waals surface area contributed by atoms with Gasteiger partial charge in [-0.15, -0.1) is 0 Å². The summed E-state index contributed by atoms with van der Waals surface area (Å²) in [7, 11) is 0. The minimum Gasteiger partial charge on any atom is -0.489 e. The summed E-state index contributed by atoms with van der Waals surface area (Å²) in [5.74, 6) is 1.81. The minimum atomic E-state index is 0.0166. The second-order valence-corrected chi connectivity index (χ2v) is 8.92. The molecule has 0 N–H and O–H groups in total. The Hall–Kier alpha value is -2.83. The first-order valence-electron chi connectivity index (χ1n) is 11.8. The second-order valence-electron chi connectivity index (χ2n) is 8.92. The standard InChI is InChI=1S/C25H33N3O4/c1-18-23(19(2)32-26-18)17-31-22-9-7-20(8-10-22)24(29)28-15-11-21(12-16-28)25(30)27-13-5-3-4-6-14-27/h7-10,21H,3-6,11-17H2,1-2H3. The maximum Gasteiger partial charge on any atom is 0.253 e. The van der Waals surface area contributed by atoms with Gasteiger partial charge in [0.2, 0.25) is 5.91 Å². The van der Waals surface area contributed by atoms with E-state index in [1.807, 2.05) is 30.9 Å². The topological polar surface area (TPSA) is 75.9 Å². The number of amides is 2. The van der Waals surface area contributed by atoms with Gasteiger partial charge in [-0.25, -0.2) is 0 Å².